The first-order valence-corrected chi connectivity index (χ1v) is 5.94. The van der Waals surface area contributed by atoms with E-state index in [2.05, 4.69) is 20.9 Å². The molecule has 0 atom stereocenters. The van der Waals surface area contributed by atoms with E-state index in [1.54, 1.807) is 0 Å². The molecule has 0 aliphatic heterocycles. The van der Waals surface area contributed by atoms with Crippen LogP contribution < -0.4 is 0 Å². The number of aromatic hydroxyl groups is 1. The van der Waals surface area contributed by atoms with Gasteiger partial charge in [0.1, 0.15) is 5.75 Å². The first-order chi connectivity index (χ1) is 8.06. The summed E-state index contributed by atoms with van der Waals surface area (Å²) in [4.78, 5) is 16.5. The van der Waals surface area contributed by atoms with Crippen molar-refractivity contribution in [3.63, 3.8) is 0 Å². The molecule has 1 aromatic heterocycles. The second kappa shape index (κ2) is 6.48. The highest BCUT2D eigenvalue weighted by atomic mass is 79.9. The first kappa shape index (κ1) is 13.8. The molecule has 0 saturated carbocycles. The van der Waals surface area contributed by atoms with Crippen LogP contribution in [-0.2, 0) is 0 Å². The number of carbonyl (C=O) groups is 1. The summed E-state index contributed by atoms with van der Waals surface area (Å²) in [6, 6.07) is 1.30. The number of rotatable bonds is 5. The van der Waals surface area contributed by atoms with Gasteiger partial charge in [-0.1, -0.05) is 15.9 Å². The minimum absolute atomic E-state index is 0.0263. The number of alkyl halides is 3. The quantitative estimate of drug-likeness (QED) is 0.845. The number of amides is 1. The average molecular weight is 309 g/mol. The Morgan fingerprint density at radius 1 is 1.59 bits per heavy atom. The number of hydrogen-bond acceptors (Lipinski definition) is 3. The number of halogens is 3. The lowest BCUT2D eigenvalue weighted by Gasteiger charge is -2.21. The van der Waals surface area contributed by atoms with Crippen molar-refractivity contribution in [1.82, 2.24) is 9.88 Å². The fourth-order valence-corrected chi connectivity index (χ4v) is 1.71. The molecular formula is C10H11BrF2N2O2. The second-order valence-electron chi connectivity index (χ2n) is 3.22. The first-order valence-electron chi connectivity index (χ1n) is 4.82. The molecule has 4 nitrogen and oxygen atoms in total. The van der Waals surface area contributed by atoms with E-state index in [0.29, 0.717) is 5.33 Å². The summed E-state index contributed by atoms with van der Waals surface area (Å²) in [6.45, 7) is -0.517. The Morgan fingerprint density at radius 3 is 2.82 bits per heavy atom. The lowest BCUT2D eigenvalue weighted by Crippen LogP contribution is -2.36. The molecule has 1 heterocycles. The molecular weight excluding hydrogens is 298 g/mol. The van der Waals surface area contributed by atoms with E-state index in [9.17, 15) is 18.7 Å². The molecule has 17 heavy (non-hydrogen) atoms. The molecule has 0 radical (unpaired) electrons. The zero-order valence-electron chi connectivity index (χ0n) is 8.81. The van der Waals surface area contributed by atoms with Gasteiger partial charge < -0.3 is 10.0 Å². The molecule has 0 saturated heterocycles. The summed E-state index contributed by atoms with van der Waals surface area (Å²) < 4.78 is 24.6. The number of pyridine rings is 1. The lowest BCUT2D eigenvalue weighted by atomic mass is 10.2. The van der Waals surface area contributed by atoms with E-state index < -0.39 is 18.9 Å². The van der Waals surface area contributed by atoms with Crippen LogP contribution in [0.3, 0.4) is 0 Å². The molecule has 0 aromatic carbocycles. The molecule has 94 valence electrons. The highest BCUT2D eigenvalue weighted by Crippen LogP contribution is 2.17. The standard InChI is InChI=1S/C10H11BrF2N2O2/c11-2-4-15(6-9(12)13)10(17)7-1-3-14-5-8(7)16/h1,3,5,9,16H,2,4,6H2. The number of hydrogen-bond donors (Lipinski definition) is 1. The summed E-state index contributed by atoms with van der Waals surface area (Å²) in [5.41, 5.74) is -0.0263. The van der Waals surface area contributed by atoms with Crippen molar-refractivity contribution in [3.8, 4) is 5.75 Å². The van der Waals surface area contributed by atoms with E-state index in [1.807, 2.05) is 0 Å². The zero-order valence-corrected chi connectivity index (χ0v) is 10.4. The fourth-order valence-electron chi connectivity index (χ4n) is 1.28. The topological polar surface area (TPSA) is 53.4 Å². The molecule has 0 unspecified atom stereocenters. The van der Waals surface area contributed by atoms with Crippen LogP contribution in [0, 0.1) is 0 Å². The van der Waals surface area contributed by atoms with Crippen molar-refractivity contribution in [3.05, 3.63) is 24.0 Å². The molecule has 0 spiro atoms. The van der Waals surface area contributed by atoms with E-state index in [4.69, 9.17) is 0 Å². The third-order valence-electron chi connectivity index (χ3n) is 2.03. The third-order valence-corrected chi connectivity index (χ3v) is 2.39. The van der Waals surface area contributed by atoms with Gasteiger partial charge in [0.2, 0.25) is 0 Å². The van der Waals surface area contributed by atoms with Gasteiger partial charge in [-0.15, -0.1) is 0 Å². The second-order valence-corrected chi connectivity index (χ2v) is 4.02. The van der Waals surface area contributed by atoms with Crippen LogP contribution in [0.4, 0.5) is 8.78 Å². The van der Waals surface area contributed by atoms with Crippen LogP contribution in [0.15, 0.2) is 18.5 Å². The fraction of sp³-hybridized carbons (Fsp3) is 0.400. The summed E-state index contributed by atoms with van der Waals surface area (Å²) in [7, 11) is 0. The van der Waals surface area contributed by atoms with Crippen molar-refractivity contribution in [1.29, 1.82) is 0 Å². The minimum Gasteiger partial charge on any atom is -0.505 e. The van der Waals surface area contributed by atoms with E-state index in [0.717, 1.165) is 11.1 Å². The Labute approximate surface area is 105 Å². The number of nitrogens with zero attached hydrogens (tertiary/aromatic N) is 2. The van der Waals surface area contributed by atoms with Gasteiger partial charge in [0.25, 0.3) is 12.3 Å². The summed E-state index contributed by atoms with van der Waals surface area (Å²) in [5.74, 6) is -0.948. The van der Waals surface area contributed by atoms with Crippen LogP contribution in [0.2, 0.25) is 0 Å². The molecule has 1 aromatic rings. The Hall–Kier alpha value is -1.24. The maximum Gasteiger partial charge on any atom is 0.257 e. The van der Waals surface area contributed by atoms with Gasteiger partial charge >= 0.3 is 0 Å². The van der Waals surface area contributed by atoms with Gasteiger partial charge in [-0.3, -0.25) is 9.78 Å². The molecule has 1 amide bonds. The summed E-state index contributed by atoms with van der Waals surface area (Å²) in [6.07, 6.45) is -0.189. The van der Waals surface area contributed by atoms with E-state index in [1.165, 1.54) is 12.3 Å². The third kappa shape index (κ3) is 3.92. The Kier molecular flexibility index (Phi) is 5.27. The van der Waals surface area contributed by atoms with Crippen LogP contribution in [0.1, 0.15) is 10.4 Å². The SMILES string of the molecule is O=C(c1ccncc1O)N(CCBr)CC(F)F. The minimum atomic E-state index is -2.61. The van der Waals surface area contributed by atoms with Crippen molar-refractivity contribution in [2.24, 2.45) is 0 Å². The van der Waals surface area contributed by atoms with Crippen molar-refractivity contribution in [2.45, 2.75) is 6.43 Å². The van der Waals surface area contributed by atoms with E-state index in [-0.39, 0.29) is 17.9 Å². The predicted molar refractivity (Wildman–Crippen MR) is 61.6 cm³/mol. The average Bonchev–Trinajstić information content (AvgIpc) is 2.28. The Morgan fingerprint density at radius 2 is 2.29 bits per heavy atom. The van der Waals surface area contributed by atoms with Crippen molar-refractivity contribution in [2.75, 3.05) is 18.4 Å². The number of carbonyl (C=O) groups excluding carboxylic acids is 1. The summed E-state index contributed by atoms with van der Waals surface area (Å²) >= 11 is 3.09. The van der Waals surface area contributed by atoms with Crippen molar-refractivity contribution >= 4 is 21.8 Å². The highest BCUT2D eigenvalue weighted by Gasteiger charge is 2.21. The smallest absolute Gasteiger partial charge is 0.257 e. The van der Waals surface area contributed by atoms with Gasteiger partial charge in [-0.05, 0) is 6.07 Å². The maximum atomic E-state index is 12.3. The van der Waals surface area contributed by atoms with Gasteiger partial charge in [0.15, 0.2) is 0 Å². The van der Waals surface area contributed by atoms with Crippen LogP contribution in [-0.4, -0.2) is 45.7 Å². The molecule has 7 heteroatoms. The van der Waals surface area contributed by atoms with Gasteiger partial charge in [0.05, 0.1) is 18.3 Å². The molecule has 1 rings (SSSR count). The molecule has 0 bridgehead atoms. The maximum absolute atomic E-state index is 12.3. The summed E-state index contributed by atoms with van der Waals surface area (Å²) in [5, 5.41) is 9.81. The molecule has 1 N–H and O–H groups in total. The van der Waals surface area contributed by atoms with Crippen molar-refractivity contribution < 1.29 is 18.7 Å². The van der Waals surface area contributed by atoms with Gasteiger partial charge in [0, 0.05) is 18.1 Å². The normalized spacial score (nSPS) is 10.6. The molecule has 0 aliphatic carbocycles. The monoisotopic (exact) mass is 308 g/mol. The largest absolute Gasteiger partial charge is 0.505 e. The Bertz CT molecular complexity index is 390. The molecule has 0 fully saturated rings. The predicted octanol–water partition coefficient (Wildman–Crippen LogP) is 1.89. The van der Waals surface area contributed by atoms with Crippen LogP contribution >= 0.6 is 15.9 Å². The van der Waals surface area contributed by atoms with Crippen LogP contribution in [0.5, 0.6) is 5.75 Å². The van der Waals surface area contributed by atoms with Gasteiger partial charge in [-0.2, -0.15) is 0 Å². The number of aromatic nitrogens is 1. The lowest BCUT2D eigenvalue weighted by molar-refractivity contribution is 0.0569. The molecule has 0 aliphatic rings. The van der Waals surface area contributed by atoms with Crippen LogP contribution in [0.25, 0.3) is 0 Å². The zero-order chi connectivity index (χ0) is 12.8. The Balaban J connectivity index is 2.88. The van der Waals surface area contributed by atoms with E-state index >= 15 is 0 Å². The highest BCUT2D eigenvalue weighted by molar-refractivity contribution is 9.09. The van der Waals surface area contributed by atoms with Gasteiger partial charge in [-0.25, -0.2) is 8.78 Å².